The Morgan fingerprint density at radius 2 is 1.91 bits per heavy atom. The van der Waals surface area contributed by atoms with Gasteiger partial charge in [-0.3, -0.25) is 0 Å². The van der Waals surface area contributed by atoms with Crippen molar-refractivity contribution in [3.8, 4) is 0 Å². The van der Waals surface area contributed by atoms with Crippen molar-refractivity contribution in [1.29, 1.82) is 0 Å². The summed E-state index contributed by atoms with van der Waals surface area (Å²) in [6.07, 6.45) is 0. The van der Waals surface area contributed by atoms with Crippen LogP contribution in [0.3, 0.4) is 0 Å². The first-order chi connectivity index (χ1) is 10.4. The fourth-order valence-electron chi connectivity index (χ4n) is 2.25. The summed E-state index contributed by atoms with van der Waals surface area (Å²) < 4.78 is 13.7. The summed E-state index contributed by atoms with van der Waals surface area (Å²) in [6.45, 7) is 5.88. The molecule has 2 aromatic rings. The molecule has 0 bridgehead atoms. The Labute approximate surface area is 134 Å². The zero-order valence-electron chi connectivity index (χ0n) is 12.7. The molecule has 0 aliphatic carbocycles. The normalized spacial score (nSPS) is 11.9. The van der Waals surface area contributed by atoms with E-state index in [1.165, 1.54) is 12.1 Å². The van der Waals surface area contributed by atoms with E-state index in [1.54, 1.807) is 0 Å². The van der Waals surface area contributed by atoms with Crippen molar-refractivity contribution in [3.05, 3.63) is 63.9 Å². The summed E-state index contributed by atoms with van der Waals surface area (Å²) in [4.78, 5) is 12.0. The number of nitrogens with one attached hydrogen (secondary N) is 2. The minimum atomic E-state index is -0.568. The molecule has 3 nitrogen and oxygen atoms in total. The Hall–Kier alpha value is -2.07. The van der Waals surface area contributed by atoms with Crippen molar-refractivity contribution in [2.45, 2.75) is 26.8 Å². The van der Waals surface area contributed by atoms with Crippen molar-refractivity contribution >= 4 is 23.3 Å². The number of anilines is 1. The molecule has 0 aromatic heterocycles. The Morgan fingerprint density at radius 3 is 2.59 bits per heavy atom. The van der Waals surface area contributed by atoms with Crippen molar-refractivity contribution < 1.29 is 9.18 Å². The number of carbonyl (C=O) groups excluding carboxylic acids is 1. The number of urea groups is 1. The van der Waals surface area contributed by atoms with Gasteiger partial charge in [0.15, 0.2) is 0 Å². The molecule has 0 fully saturated rings. The molecule has 116 valence electrons. The topological polar surface area (TPSA) is 41.1 Å². The van der Waals surface area contributed by atoms with Gasteiger partial charge in [-0.2, -0.15) is 0 Å². The summed E-state index contributed by atoms with van der Waals surface area (Å²) >= 11 is 5.68. The second kappa shape index (κ2) is 6.79. The highest BCUT2D eigenvalue weighted by Crippen LogP contribution is 2.21. The van der Waals surface area contributed by atoms with Crippen LogP contribution in [0, 0.1) is 19.7 Å². The number of rotatable bonds is 3. The average molecular weight is 321 g/mol. The van der Waals surface area contributed by atoms with Gasteiger partial charge in [0, 0.05) is 5.02 Å². The second-order valence-electron chi connectivity index (χ2n) is 5.30. The van der Waals surface area contributed by atoms with Crippen LogP contribution in [0.25, 0.3) is 0 Å². The van der Waals surface area contributed by atoms with Gasteiger partial charge in [-0.25, -0.2) is 9.18 Å². The smallest absolute Gasteiger partial charge is 0.319 e. The highest BCUT2D eigenvalue weighted by atomic mass is 35.5. The lowest BCUT2D eigenvalue weighted by Crippen LogP contribution is -2.31. The zero-order chi connectivity index (χ0) is 16.3. The maximum atomic E-state index is 13.7. The molecule has 2 N–H and O–H groups in total. The van der Waals surface area contributed by atoms with E-state index in [-0.39, 0.29) is 16.8 Å². The van der Waals surface area contributed by atoms with Crippen molar-refractivity contribution in [3.63, 3.8) is 0 Å². The SMILES string of the molecule is Cc1ccc(C)c([C@H](C)NC(=O)Nc2ccc(Cl)cc2F)c1. The third-order valence-corrected chi connectivity index (χ3v) is 3.66. The van der Waals surface area contributed by atoms with Gasteiger partial charge in [0.05, 0.1) is 11.7 Å². The van der Waals surface area contributed by atoms with Gasteiger partial charge in [-0.05, 0) is 50.1 Å². The Bertz CT molecular complexity index is 703. The van der Waals surface area contributed by atoms with Crippen LogP contribution in [0.4, 0.5) is 14.9 Å². The molecule has 0 radical (unpaired) electrons. The van der Waals surface area contributed by atoms with Gasteiger partial charge >= 0.3 is 6.03 Å². The van der Waals surface area contributed by atoms with Crippen LogP contribution in [0.2, 0.25) is 5.02 Å². The van der Waals surface area contributed by atoms with E-state index in [0.29, 0.717) is 0 Å². The number of amides is 2. The van der Waals surface area contributed by atoms with Gasteiger partial charge < -0.3 is 10.6 Å². The molecule has 0 saturated carbocycles. The van der Waals surface area contributed by atoms with Gasteiger partial charge in [0.2, 0.25) is 0 Å². The van der Waals surface area contributed by atoms with Crippen LogP contribution in [0.5, 0.6) is 0 Å². The predicted octanol–water partition coefficient (Wildman–Crippen LogP) is 4.98. The molecule has 22 heavy (non-hydrogen) atoms. The molecule has 0 aliphatic heterocycles. The molecule has 2 rings (SSSR count). The van der Waals surface area contributed by atoms with Crippen LogP contribution in [0.1, 0.15) is 29.7 Å². The maximum absolute atomic E-state index is 13.7. The average Bonchev–Trinajstić information content (AvgIpc) is 2.44. The Morgan fingerprint density at radius 1 is 1.18 bits per heavy atom. The number of aryl methyl sites for hydroxylation is 2. The highest BCUT2D eigenvalue weighted by Gasteiger charge is 2.13. The van der Waals surface area contributed by atoms with Gasteiger partial charge in [-0.1, -0.05) is 35.4 Å². The van der Waals surface area contributed by atoms with Gasteiger partial charge in [0.1, 0.15) is 5.82 Å². The van der Waals surface area contributed by atoms with Crippen LogP contribution < -0.4 is 10.6 Å². The number of hydrogen-bond donors (Lipinski definition) is 2. The number of halogens is 2. The lowest BCUT2D eigenvalue weighted by molar-refractivity contribution is 0.249. The molecule has 0 spiro atoms. The van der Waals surface area contributed by atoms with E-state index < -0.39 is 11.8 Å². The van der Waals surface area contributed by atoms with Crippen LogP contribution >= 0.6 is 11.6 Å². The van der Waals surface area contributed by atoms with Crippen LogP contribution in [-0.4, -0.2) is 6.03 Å². The zero-order valence-corrected chi connectivity index (χ0v) is 13.5. The fraction of sp³-hybridized carbons (Fsp3) is 0.235. The minimum absolute atomic E-state index is 0.0927. The lowest BCUT2D eigenvalue weighted by atomic mass is 10.0. The molecule has 2 aromatic carbocycles. The summed E-state index contributed by atoms with van der Waals surface area (Å²) in [5, 5.41) is 5.58. The van der Waals surface area contributed by atoms with Gasteiger partial charge in [-0.15, -0.1) is 0 Å². The second-order valence-corrected chi connectivity index (χ2v) is 5.74. The predicted molar refractivity (Wildman–Crippen MR) is 87.9 cm³/mol. The first-order valence-electron chi connectivity index (χ1n) is 6.96. The largest absolute Gasteiger partial charge is 0.331 e. The molecular weight excluding hydrogens is 303 g/mol. The van der Waals surface area contributed by atoms with E-state index in [2.05, 4.69) is 10.6 Å². The molecular formula is C17H18ClFN2O. The Kier molecular flexibility index (Phi) is 5.03. The minimum Gasteiger partial charge on any atom is -0.331 e. The molecule has 1 atom stereocenters. The van der Waals surface area contributed by atoms with Crippen molar-refractivity contribution in [1.82, 2.24) is 5.32 Å². The molecule has 0 saturated heterocycles. The molecule has 0 unspecified atom stereocenters. The standard InChI is InChI=1S/C17H18ClFN2O/c1-10-4-5-11(2)14(8-10)12(3)20-17(22)21-16-7-6-13(18)9-15(16)19/h4-9,12H,1-3H3,(H2,20,21,22)/t12-/m0/s1. The fourth-order valence-corrected chi connectivity index (χ4v) is 2.41. The maximum Gasteiger partial charge on any atom is 0.319 e. The summed E-state index contributed by atoms with van der Waals surface area (Å²) in [5.74, 6) is -0.568. The summed E-state index contributed by atoms with van der Waals surface area (Å²) in [7, 11) is 0. The lowest BCUT2D eigenvalue weighted by Gasteiger charge is -2.18. The first-order valence-corrected chi connectivity index (χ1v) is 7.34. The van der Waals surface area contributed by atoms with E-state index in [1.807, 2.05) is 39.0 Å². The number of benzene rings is 2. The quantitative estimate of drug-likeness (QED) is 0.823. The van der Waals surface area contributed by atoms with E-state index >= 15 is 0 Å². The van der Waals surface area contributed by atoms with Crippen LogP contribution in [0.15, 0.2) is 36.4 Å². The third kappa shape index (κ3) is 3.98. The summed E-state index contributed by atoms with van der Waals surface area (Å²) in [6, 6.07) is 9.53. The van der Waals surface area contributed by atoms with Crippen molar-refractivity contribution in [2.24, 2.45) is 0 Å². The Balaban J connectivity index is 2.06. The highest BCUT2D eigenvalue weighted by molar-refractivity contribution is 6.30. The molecule has 0 aliphatic rings. The third-order valence-electron chi connectivity index (χ3n) is 3.43. The van der Waals surface area contributed by atoms with E-state index in [4.69, 9.17) is 11.6 Å². The van der Waals surface area contributed by atoms with E-state index in [9.17, 15) is 9.18 Å². The number of hydrogen-bond acceptors (Lipinski definition) is 1. The molecule has 0 heterocycles. The van der Waals surface area contributed by atoms with Crippen LogP contribution in [-0.2, 0) is 0 Å². The van der Waals surface area contributed by atoms with Crippen molar-refractivity contribution in [2.75, 3.05) is 5.32 Å². The molecule has 5 heteroatoms. The van der Waals surface area contributed by atoms with E-state index in [0.717, 1.165) is 22.8 Å². The first kappa shape index (κ1) is 16.3. The number of carbonyl (C=O) groups is 1. The monoisotopic (exact) mass is 320 g/mol. The van der Waals surface area contributed by atoms with Gasteiger partial charge in [0.25, 0.3) is 0 Å². The summed E-state index contributed by atoms with van der Waals surface area (Å²) in [5.41, 5.74) is 3.34. The molecule has 2 amide bonds.